The molecular formula is C22H23N3O3S. The molecule has 1 atom stereocenters. The normalized spacial score (nSPS) is 17.7. The van der Waals surface area contributed by atoms with E-state index >= 15 is 0 Å². The first-order valence-electron chi connectivity index (χ1n) is 9.48. The summed E-state index contributed by atoms with van der Waals surface area (Å²) in [5.41, 5.74) is 1.88. The molecule has 0 bridgehead atoms. The van der Waals surface area contributed by atoms with Crippen LogP contribution in [0.5, 0.6) is 0 Å². The standard InChI is InChI=1S/C22H23N3O3S/c1-17-3-2-14-25(16-17)29(27,28)21-11-9-20(10-12-21)24-22(26)13-8-18-4-6-19(15-23)7-5-18/h4-13,17H,2-3,14,16H2,1H3,(H,24,26)/b13-8+. The molecule has 6 nitrogen and oxygen atoms in total. The topological polar surface area (TPSA) is 90.3 Å². The maximum absolute atomic E-state index is 12.8. The van der Waals surface area contributed by atoms with Crippen molar-refractivity contribution in [3.05, 3.63) is 65.7 Å². The monoisotopic (exact) mass is 409 g/mol. The Kier molecular flexibility index (Phi) is 6.47. The van der Waals surface area contributed by atoms with Crippen molar-refractivity contribution in [1.82, 2.24) is 4.31 Å². The molecule has 29 heavy (non-hydrogen) atoms. The number of anilines is 1. The number of sulfonamides is 1. The number of carbonyl (C=O) groups excluding carboxylic acids is 1. The Balaban J connectivity index is 1.63. The first-order valence-corrected chi connectivity index (χ1v) is 10.9. The summed E-state index contributed by atoms with van der Waals surface area (Å²) in [6, 6.07) is 15.1. The minimum absolute atomic E-state index is 0.234. The lowest BCUT2D eigenvalue weighted by Crippen LogP contribution is -2.39. The van der Waals surface area contributed by atoms with Crippen molar-refractivity contribution in [2.75, 3.05) is 18.4 Å². The van der Waals surface area contributed by atoms with Gasteiger partial charge in [-0.1, -0.05) is 19.1 Å². The number of carbonyl (C=O) groups is 1. The van der Waals surface area contributed by atoms with Crippen LogP contribution in [0.4, 0.5) is 5.69 Å². The third-order valence-corrected chi connectivity index (χ3v) is 6.73. The minimum Gasteiger partial charge on any atom is -0.323 e. The molecule has 1 saturated heterocycles. The molecular weight excluding hydrogens is 386 g/mol. The highest BCUT2D eigenvalue weighted by Gasteiger charge is 2.28. The van der Waals surface area contributed by atoms with Gasteiger partial charge in [-0.3, -0.25) is 4.79 Å². The van der Waals surface area contributed by atoms with Gasteiger partial charge in [-0.2, -0.15) is 9.57 Å². The van der Waals surface area contributed by atoms with Crippen molar-refractivity contribution in [2.45, 2.75) is 24.7 Å². The number of benzene rings is 2. The molecule has 7 heteroatoms. The molecule has 1 N–H and O–H groups in total. The predicted molar refractivity (Wildman–Crippen MR) is 112 cm³/mol. The number of piperidine rings is 1. The molecule has 2 aromatic rings. The van der Waals surface area contributed by atoms with Gasteiger partial charge in [0.2, 0.25) is 15.9 Å². The summed E-state index contributed by atoms with van der Waals surface area (Å²) >= 11 is 0. The van der Waals surface area contributed by atoms with E-state index < -0.39 is 10.0 Å². The van der Waals surface area contributed by atoms with Gasteiger partial charge in [0.25, 0.3) is 0 Å². The number of hydrogen-bond donors (Lipinski definition) is 1. The van der Waals surface area contributed by atoms with Crippen molar-refractivity contribution >= 4 is 27.7 Å². The van der Waals surface area contributed by atoms with Gasteiger partial charge in [-0.25, -0.2) is 8.42 Å². The number of nitrogens with zero attached hydrogens (tertiary/aromatic N) is 2. The lowest BCUT2D eigenvalue weighted by atomic mass is 10.0. The van der Waals surface area contributed by atoms with Gasteiger partial charge in [0.1, 0.15) is 0 Å². The Hall–Kier alpha value is -2.95. The van der Waals surface area contributed by atoms with Crippen LogP contribution >= 0.6 is 0 Å². The van der Waals surface area contributed by atoms with E-state index in [1.54, 1.807) is 42.5 Å². The quantitative estimate of drug-likeness (QED) is 0.764. The molecule has 1 unspecified atom stereocenters. The highest BCUT2D eigenvalue weighted by molar-refractivity contribution is 7.89. The van der Waals surface area contributed by atoms with Crippen LogP contribution in [-0.4, -0.2) is 31.7 Å². The van der Waals surface area contributed by atoms with Crippen molar-refractivity contribution < 1.29 is 13.2 Å². The lowest BCUT2D eigenvalue weighted by Gasteiger charge is -2.30. The molecule has 1 heterocycles. The highest BCUT2D eigenvalue weighted by atomic mass is 32.2. The minimum atomic E-state index is -3.51. The van der Waals surface area contributed by atoms with E-state index in [9.17, 15) is 13.2 Å². The summed E-state index contributed by atoms with van der Waals surface area (Å²) in [7, 11) is -3.51. The fourth-order valence-corrected chi connectivity index (χ4v) is 4.85. The number of nitriles is 1. The molecule has 0 saturated carbocycles. The SMILES string of the molecule is CC1CCCN(S(=O)(=O)c2ccc(NC(=O)/C=C/c3ccc(C#N)cc3)cc2)C1. The van der Waals surface area contributed by atoms with Crippen LogP contribution in [0.1, 0.15) is 30.9 Å². The van der Waals surface area contributed by atoms with Crippen LogP contribution in [0, 0.1) is 17.2 Å². The summed E-state index contributed by atoms with van der Waals surface area (Å²) in [6.07, 6.45) is 4.96. The lowest BCUT2D eigenvalue weighted by molar-refractivity contribution is -0.111. The molecule has 3 rings (SSSR count). The number of nitrogens with one attached hydrogen (secondary N) is 1. The number of hydrogen-bond acceptors (Lipinski definition) is 4. The van der Waals surface area contributed by atoms with E-state index in [0.717, 1.165) is 18.4 Å². The Bertz CT molecular complexity index is 1040. The molecule has 2 aromatic carbocycles. The summed E-state index contributed by atoms with van der Waals surface area (Å²) < 4.78 is 27.1. The molecule has 150 valence electrons. The first-order chi connectivity index (χ1) is 13.9. The molecule has 0 spiro atoms. The molecule has 1 amide bonds. The summed E-state index contributed by atoms with van der Waals surface area (Å²) in [5, 5.41) is 11.5. The van der Waals surface area contributed by atoms with Crippen molar-refractivity contribution in [3.63, 3.8) is 0 Å². The molecule has 0 radical (unpaired) electrons. The second-order valence-electron chi connectivity index (χ2n) is 7.19. The predicted octanol–water partition coefficient (Wildman–Crippen LogP) is 3.63. The van der Waals surface area contributed by atoms with Crippen molar-refractivity contribution in [1.29, 1.82) is 5.26 Å². The summed E-state index contributed by atoms with van der Waals surface area (Å²) in [5.74, 6) is 0.0369. The maximum Gasteiger partial charge on any atom is 0.248 e. The zero-order chi connectivity index (χ0) is 20.9. The van der Waals surface area contributed by atoms with E-state index in [1.807, 2.05) is 6.07 Å². The van der Waals surface area contributed by atoms with Gasteiger partial charge in [0.05, 0.1) is 16.5 Å². The second kappa shape index (κ2) is 9.03. The summed E-state index contributed by atoms with van der Waals surface area (Å²) in [4.78, 5) is 12.3. The van der Waals surface area contributed by atoms with E-state index in [1.165, 1.54) is 22.5 Å². The average molecular weight is 410 g/mol. The number of amides is 1. The molecule has 1 fully saturated rings. The van der Waals surface area contributed by atoms with Crippen LogP contribution in [-0.2, 0) is 14.8 Å². The molecule has 0 aliphatic carbocycles. The van der Waals surface area contributed by atoms with Gasteiger partial charge >= 0.3 is 0 Å². The van der Waals surface area contributed by atoms with Gasteiger partial charge in [0.15, 0.2) is 0 Å². The third kappa shape index (κ3) is 5.31. The fraction of sp³-hybridized carbons (Fsp3) is 0.273. The Morgan fingerprint density at radius 1 is 1.17 bits per heavy atom. The van der Waals surface area contributed by atoms with Crippen molar-refractivity contribution in [2.24, 2.45) is 5.92 Å². The largest absolute Gasteiger partial charge is 0.323 e. The average Bonchev–Trinajstić information content (AvgIpc) is 2.73. The number of rotatable bonds is 5. The second-order valence-corrected chi connectivity index (χ2v) is 9.13. The van der Waals surface area contributed by atoms with Crippen LogP contribution in [0.3, 0.4) is 0 Å². The zero-order valence-electron chi connectivity index (χ0n) is 16.2. The van der Waals surface area contributed by atoms with Gasteiger partial charge < -0.3 is 5.32 Å². The fourth-order valence-electron chi connectivity index (χ4n) is 3.25. The molecule has 1 aliphatic heterocycles. The Labute approximate surface area is 171 Å². The van der Waals surface area contributed by atoms with Crippen LogP contribution in [0.25, 0.3) is 6.08 Å². The first kappa shape index (κ1) is 20.8. The van der Waals surface area contributed by atoms with E-state index in [2.05, 4.69) is 12.2 Å². The molecule has 0 aromatic heterocycles. The van der Waals surface area contributed by atoms with Crippen LogP contribution in [0.2, 0.25) is 0 Å². The van der Waals surface area contributed by atoms with Gasteiger partial charge in [0, 0.05) is 24.9 Å². The van der Waals surface area contributed by atoms with Crippen LogP contribution < -0.4 is 5.32 Å². The smallest absolute Gasteiger partial charge is 0.248 e. The maximum atomic E-state index is 12.8. The van der Waals surface area contributed by atoms with Gasteiger partial charge in [-0.05, 0) is 66.8 Å². The zero-order valence-corrected chi connectivity index (χ0v) is 17.0. The Morgan fingerprint density at radius 3 is 2.48 bits per heavy atom. The Morgan fingerprint density at radius 2 is 1.86 bits per heavy atom. The van der Waals surface area contributed by atoms with E-state index in [-0.39, 0.29) is 10.8 Å². The van der Waals surface area contributed by atoms with Gasteiger partial charge in [-0.15, -0.1) is 0 Å². The van der Waals surface area contributed by atoms with Crippen molar-refractivity contribution in [3.8, 4) is 6.07 Å². The van der Waals surface area contributed by atoms with E-state index in [4.69, 9.17) is 5.26 Å². The molecule has 1 aliphatic rings. The third-order valence-electron chi connectivity index (χ3n) is 4.85. The highest BCUT2D eigenvalue weighted by Crippen LogP contribution is 2.24. The van der Waals surface area contributed by atoms with E-state index in [0.29, 0.717) is 30.3 Å². The van der Waals surface area contributed by atoms with Crippen LogP contribution in [0.15, 0.2) is 59.5 Å². The summed E-state index contributed by atoms with van der Waals surface area (Å²) in [6.45, 7) is 3.15.